The van der Waals surface area contributed by atoms with E-state index in [1.807, 2.05) is 12.1 Å². The molecule has 9 heteroatoms. The second-order valence-electron chi connectivity index (χ2n) is 7.08. The van der Waals surface area contributed by atoms with Crippen molar-refractivity contribution in [3.63, 3.8) is 0 Å². The minimum absolute atomic E-state index is 0.135. The van der Waals surface area contributed by atoms with Gasteiger partial charge in [-0.25, -0.2) is 17.9 Å². The highest BCUT2D eigenvalue weighted by Crippen LogP contribution is 2.20. The molecule has 1 aromatic rings. The third kappa shape index (κ3) is 6.37. The Kier molecular flexibility index (Phi) is 6.56. The fourth-order valence-corrected chi connectivity index (χ4v) is 4.19. The molecule has 27 heavy (non-hydrogen) atoms. The number of carbonyl (C=O) groups is 1. The maximum Gasteiger partial charge on any atom is 0.321 e. The molecule has 2 atom stereocenters. The molecular formula is C18H27N3O5S. The number of nitrogens with one attached hydrogen (secondary N) is 2. The van der Waals surface area contributed by atoms with E-state index in [9.17, 15) is 13.2 Å². The van der Waals surface area contributed by atoms with E-state index >= 15 is 0 Å². The van der Waals surface area contributed by atoms with Crippen LogP contribution in [0.4, 0.5) is 10.5 Å². The monoisotopic (exact) mass is 397 g/mol. The molecule has 2 aliphatic rings. The lowest BCUT2D eigenvalue weighted by Gasteiger charge is -2.32. The van der Waals surface area contributed by atoms with Crippen LogP contribution in [0.3, 0.4) is 0 Å². The Bertz CT molecular complexity index is 749. The molecule has 0 saturated carbocycles. The Labute approximate surface area is 160 Å². The maximum atomic E-state index is 12.5. The Morgan fingerprint density at radius 2 is 2.19 bits per heavy atom. The van der Waals surface area contributed by atoms with Crippen LogP contribution in [0.5, 0.6) is 5.75 Å². The van der Waals surface area contributed by atoms with E-state index in [0.717, 1.165) is 38.5 Å². The SMILES string of the molecule is CS(=O)(=O)N[C@@H]1CCCN(C(=O)Nc2cccc(OC[C@H]3CCCO3)c2)C1. The fourth-order valence-electron chi connectivity index (χ4n) is 3.39. The molecule has 0 spiro atoms. The van der Waals surface area contributed by atoms with E-state index in [1.54, 1.807) is 17.0 Å². The molecule has 2 amide bonds. The molecular weight excluding hydrogens is 370 g/mol. The summed E-state index contributed by atoms with van der Waals surface area (Å²) in [6, 6.07) is 6.75. The Hall–Kier alpha value is -1.84. The third-order valence-electron chi connectivity index (χ3n) is 4.63. The van der Waals surface area contributed by atoms with Gasteiger partial charge in [-0.05, 0) is 37.8 Å². The molecule has 0 bridgehead atoms. The molecule has 8 nitrogen and oxygen atoms in total. The molecule has 2 fully saturated rings. The zero-order valence-electron chi connectivity index (χ0n) is 15.5. The van der Waals surface area contributed by atoms with Gasteiger partial charge in [-0.2, -0.15) is 0 Å². The summed E-state index contributed by atoms with van der Waals surface area (Å²) in [7, 11) is -3.29. The van der Waals surface area contributed by atoms with Crippen LogP contribution in [-0.4, -0.2) is 64.1 Å². The molecule has 0 unspecified atom stereocenters. The van der Waals surface area contributed by atoms with Crippen LogP contribution in [0.1, 0.15) is 25.7 Å². The van der Waals surface area contributed by atoms with Crippen LogP contribution in [-0.2, 0) is 14.8 Å². The topological polar surface area (TPSA) is 97.0 Å². The third-order valence-corrected chi connectivity index (χ3v) is 5.40. The van der Waals surface area contributed by atoms with Crippen molar-refractivity contribution in [2.45, 2.75) is 37.8 Å². The van der Waals surface area contributed by atoms with Crippen LogP contribution in [0, 0.1) is 0 Å². The summed E-state index contributed by atoms with van der Waals surface area (Å²) < 4.78 is 36.7. The number of amides is 2. The first-order valence-corrected chi connectivity index (χ1v) is 11.2. The summed E-state index contributed by atoms with van der Waals surface area (Å²) in [5, 5.41) is 2.86. The van der Waals surface area contributed by atoms with E-state index in [2.05, 4.69) is 10.0 Å². The minimum Gasteiger partial charge on any atom is -0.491 e. The van der Waals surface area contributed by atoms with Gasteiger partial charge in [0.05, 0.1) is 12.4 Å². The molecule has 1 aromatic carbocycles. The Morgan fingerprint density at radius 1 is 1.33 bits per heavy atom. The number of likely N-dealkylation sites (tertiary alicyclic amines) is 1. The van der Waals surface area contributed by atoms with E-state index in [0.29, 0.717) is 31.1 Å². The Morgan fingerprint density at radius 3 is 2.93 bits per heavy atom. The number of urea groups is 1. The van der Waals surface area contributed by atoms with Gasteiger partial charge >= 0.3 is 6.03 Å². The number of rotatable bonds is 6. The normalized spacial score (nSPS) is 23.2. The zero-order chi connectivity index (χ0) is 19.3. The van der Waals surface area contributed by atoms with Crippen molar-refractivity contribution in [1.82, 2.24) is 9.62 Å². The van der Waals surface area contributed by atoms with E-state index in [-0.39, 0.29) is 18.2 Å². The lowest BCUT2D eigenvalue weighted by Crippen LogP contribution is -2.50. The van der Waals surface area contributed by atoms with Crippen LogP contribution >= 0.6 is 0 Å². The minimum atomic E-state index is -3.29. The van der Waals surface area contributed by atoms with Crippen LogP contribution in [0.15, 0.2) is 24.3 Å². The summed E-state index contributed by atoms with van der Waals surface area (Å²) in [5.74, 6) is 0.679. The first-order valence-electron chi connectivity index (χ1n) is 9.27. The number of sulfonamides is 1. The van der Waals surface area contributed by atoms with E-state index < -0.39 is 10.0 Å². The largest absolute Gasteiger partial charge is 0.491 e. The highest BCUT2D eigenvalue weighted by atomic mass is 32.2. The summed E-state index contributed by atoms with van der Waals surface area (Å²) in [4.78, 5) is 14.2. The lowest BCUT2D eigenvalue weighted by atomic mass is 10.1. The van der Waals surface area contributed by atoms with Crippen LogP contribution < -0.4 is 14.8 Å². The number of ether oxygens (including phenoxy) is 2. The second-order valence-corrected chi connectivity index (χ2v) is 8.86. The van der Waals surface area contributed by atoms with Crippen molar-refractivity contribution >= 4 is 21.7 Å². The van der Waals surface area contributed by atoms with Gasteiger partial charge < -0.3 is 19.7 Å². The molecule has 0 aliphatic carbocycles. The quantitative estimate of drug-likeness (QED) is 0.763. The summed E-state index contributed by atoms with van der Waals surface area (Å²) in [6.45, 7) is 2.24. The highest BCUT2D eigenvalue weighted by molar-refractivity contribution is 7.88. The lowest BCUT2D eigenvalue weighted by molar-refractivity contribution is 0.0680. The zero-order valence-corrected chi connectivity index (χ0v) is 16.3. The van der Waals surface area contributed by atoms with Crippen LogP contribution in [0.2, 0.25) is 0 Å². The van der Waals surface area contributed by atoms with Crippen molar-refractivity contribution in [3.8, 4) is 5.75 Å². The molecule has 3 rings (SSSR count). The maximum absolute atomic E-state index is 12.5. The molecule has 2 heterocycles. The first-order chi connectivity index (χ1) is 12.9. The van der Waals surface area contributed by atoms with Crippen molar-refractivity contribution in [1.29, 1.82) is 0 Å². The molecule has 0 aromatic heterocycles. The number of nitrogens with zero attached hydrogens (tertiary/aromatic N) is 1. The smallest absolute Gasteiger partial charge is 0.321 e. The van der Waals surface area contributed by atoms with Crippen molar-refractivity contribution < 1.29 is 22.7 Å². The summed E-state index contributed by atoms with van der Waals surface area (Å²) in [6.07, 6.45) is 4.82. The average molecular weight is 397 g/mol. The predicted octanol–water partition coefficient (Wildman–Crippen LogP) is 1.79. The number of carbonyl (C=O) groups excluding carboxylic acids is 1. The number of hydrogen-bond donors (Lipinski definition) is 2. The number of piperidine rings is 1. The van der Waals surface area contributed by atoms with Crippen molar-refractivity contribution in [2.24, 2.45) is 0 Å². The first kappa shape index (κ1) is 19.9. The number of anilines is 1. The Balaban J connectivity index is 1.53. The molecule has 2 aliphatic heterocycles. The van der Waals surface area contributed by atoms with Gasteiger partial charge in [-0.15, -0.1) is 0 Å². The predicted molar refractivity (Wildman–Crippen MR) is 103 cm³/mol. The molecule has 2 N–H and O–H groups in total. The van der Waals surface area contributed by atoms with Gasteiger partial charge in [-0.3, -0.25) is 0 Å². The average Bonchev–Trinajstić information content (AvgIpc) is 3.13. The van der Waals surface area contributed by atoms with Crippen molar-refractivity contribution in [3.05, 3.63) is 24.3 Å². The van der Waals surface area contributed by atoms with Gasteiger partial charge in [0.25, 0.3) is 0 Å². The van der Waals surface area contributed by atoms with Gasteiger partial charge in [0.2, 0.25) is 10.0 Å². The summed E-state index contributed by atoms with van der Waals surface area (Å²) in [5.41, 5.74) is 0.642. The van der Waals surface area contributed by atoms with Crippen LogP contribution in [0.25, 0.3) is 0 Å². The van der Waals surface area contributed by atoms with Gasteiger partial charge in [0, 0.05) is 37.5 Å². The fraction of sp³-hybridized carbons (Fsp3) is 0.611. The van der Waals surface area contributed by atoms with Crippen molar-refractivity contribution in [2.75, 3.05) is 37.9 Å². The van der Waals surface area contributed by atoms with Gasteiger partial charge in [-0.1, -0.05) is 6.07 Å². The number of hydrogen-bond acceptors (Lipinski definition) is 5. The molecule has 2 saturated heterocycles. The standard InChI is InChI=1S/C18H27N3O5S/c1-27(23,24)20-15-6-3-9-21(12-15)18(22)19-14-5-2-7-16(11-14)26-13-17-8-4-10-25-17/h2,5,7,11,15,17,20H,3-4,6,8-10,12-13H2,1H3,(H,19,22)/t15-,17-/m1/s1. The summed E-state index contributed by atoms with van der Waals surface area (Å²) >= 11 is 0. The second kappa shape index (κ2) is 8.90. The van der Waals surface area contributed by atoms with Gasteiger partial charge in [0.15, 0.2) is 0 Å². The molecule has 0 radical (unpaired) electrons. The van der Waals surface area contributed by atoms with E-state index in [1.165, 1.54) is 0 Å². The van der Waals surface area contributed by atoms with E-state index in [4.69, 9.17) is 9.47 Å². The van der Waals surface area contributed by atoms with Gasteiger partial charge in [0.1, 0.15) is 12.4 Å². The molecule has 150 valence electrons. The number of benzene rings is 1. The highest BCUT2D eigenvalue weighted by Gasteiger charge is 2.25.